The van der Waals surface area contributed by atoms with Gasteiger partial charge in [0.25, 0.3) is 0 Å². The summed E-state index contributed by atoms with van der Waals surface area (Å²) in [6, 6.07) is 0.757. The van der Waals surface area contributed by atoms with Crippen molar-refractivity contribution in [3.05, 3.63) is 0 Å². The average Bonchev–Trinajstić information content (AvgIpc) is 2.30. The maximum absolute atomic E-state index is 10.9. The standard InChI is InChI=1S/C13H23NO2/c1-11(15)16-13-7-5-12(6-8-13)14-9-3-2-4-10-14/h12-13H,2-10H2,1H3. The molecule has 0 radical (unpaired) electrons. The first-order valence-corrected chi connectivity index (χ1v) is 6.67. The van der Waals surface area contributed by atoms with E-state index in [1.165, 1.54) is 52.1 Å². The molecule has 1 saturated carbocycles. The van der Waals surface area contributed by atoms with Gasteiger partial charge in [0, 0.05) is 13.0 Å². The molecule has 0 aromatic carbocycles. The van der Waals surface area contributed by atoms with Crippen LogP contribution in [0.2, 0.25) is 0 Å². The van der Waals surface area contributed by atoms with Crippen molar-refractivity contribution in [2.75, 3.05) is 13.1 Å². The van der Waals surface area contributed by atoms with Crippen molar-refractivity contribution in [2.24, 2.45) is 0 Å². The summed E-state index contributed by atoms with van der Waals surface area (Å²) < 4.78 is 5.27. The normalized spacial score (nSPS) is 32.3. The van der Waals surface area contributed by atoms with Crippen molar-refractivity contribution in [1.82, 2.24) is 4.90 Å². The van der Waals surface area contributed by atoms with E-state index in [9.17, 15) is 4.79 Å². The Bertz CT molecular complexity index is 228. The van der Waals surface area contributed by atoms with E-state index in [1.807, 2.05) is 0 Å². The lowest BCUT2D eigenvalue weighted by molar-refractivity contribution is -0.148. The van der Waals surface area contributed by atoms with Gasteiger partial charge in [-0.15, -0.1) is 0 Å². The number of rotatable bonds is 2. The molecule has 0 aromatic heterocycles. The molecular weight excluding hydrogens is 202 g/mol. The van der Waals surface area contributed by atoms with Crippen LogP contribution in [0.25, 0.3) is 0 Å². The summed E-state index contributed by atoms with van der Waals surface area (Å²) in [5, 5.41) is 0. The molecule has 3 nitrogen and oxygen atoms in total. The number of nitrogens with zero attached hydrogens (tertiary/aromatic N) is 1. The van der Waals surface area contributed by atoms with Crippen LogP contribution in [0.5, 0.6) is 0 Å². The zero-order valence-corrected chi connectivity index (χ0v) is 10.3. The number of esters is 1. The van der Waals surface area contributed by atoms with E-state index in [1.54, 1.807) is 0 Å². The zero-order chi connectivity index (χ0) is 11.4. The Labute approximate surface area is 98.1 Å². The molecule has 92 valence electrons. The molecule has 0 atom stereocenters. The summed E-state index contributed by atoms with van der Waals surface area (Å²) >= 11 is 0. The summed E-state index contributed by atoms with van der Waals surface area (Å²) in [7, 11) is 0. The van der Waals surface area contributed by atoms with Crippen LogP contribution in [0.4, 0.5) is 0 Å². The third-order valence-corrected chi connectivity index (χ3v) is 3.88. The van der Waals surface area contributed by atoms with Gasteiger partial charge in [-0.2, -0.15) is 0 Å². The molecule has 0 unspecified atom stereocenters. The van der Waals surface area contributed by atoms with Crippen LogP contribution < -0.4 is 0 Å². The lowest BCUT2D eigenvalue weighted by atomic mass is 9.90. The predicted molar refractivity (Wildman–Crippen MR) is 63.2 cm³/mol. The van der Waals surface area contributed by atoms with Crippen molar-refractivity contribution in [3.63, 3.8) is 0 Å². The second-order valence-corrected chi connectivity index (χ2v) is 5.14. The number of carbonyl (C=O) groups excluding carboxylic acids is 1. The fourth-order valence-corrected chi connectivity index (χ4v) is 3.05. The van der Waals surface area contributed by atoms with Gasteiger partial charge in [-0.05, 0) is 51.6 Å². The molecule has 1 saturated heterocycles. The number of carbonyl (C=O) groups is 1. The molecule has 0 amide bonds. The highest BCUT2D eigenvalue weighted by Crippen LogP contribution is 2.27. The maximum Gasteiger partial charge on any atom is 0.302 e. The minimum absolute atomic E-state index is 0.124. The topological polar surface area (TPSA) is 29.5 Å². The lowest BCUT2D eigenvalue weighted by Gasteiger charge is -2.38. The fraction of sp³-hybridized carbons (Fsp3) is 0.923. The molecule has 0 spiro atoms. The van der Waals surface area contributed by atoms with Crippen LogP contribution in [0.1, 0.15) is 51.9 Å². The van der Waals surface area contributed by atoms with Crippen LogP contribution in [-0.2, 0) is 9.53 Å². The van der Waals surface area contributed by atoms with Gasteiger partial charge < -0.3 is 9.64 Å². The molecular formula is C13H23NO2. The van der Waals surface area contributed by atoms with Gasteiger partial charge in [0.1, 0.15) is 6.10 Å². The molecule has 16 heavy (non-hydrogen) atoms. The smallest absolute Gasteiger partial charge is 0.302 e. The van der Waals surface area contributed by atoms with E-state index in [4.69, 9.17) is 4.74 Å². The number of ether oxygens (including phenoxy) is 1. The van der Waals surface area contributed by atoms with Gasteiger partial charge in [-0.3, -0.25) is 4.79 Å². The summed E-state index contributed by atoms with van der Waals surface area (Å²) in [5.74, 6) is -0.124. The van der Waals surface area contributed by atoms with Crippen molar-refractivity contribution in [3.8, 4) is 0 Å². The zero-order valence-electron chi connectivity index (χ0n) is 10.3. The highest BCUT2D eigenvalue weighted by atomic mass is 16.5. The van der Waals surface area contributed by atoms with Crippen LogP contribution in [0.15, 0.2) is 0 Å². The Morgan fingerprint density at radius 1 is 1.06 bits per heavy atom. The molecule has 1 aliphatic carbocycles. The van der Waals surface area contributed by atoms with Crippen LogP contribution >= 0.6 is 0 Å². The Hall–Kier alpha value is -0.570. The van der Waals surface area contributed by atoms with Gasteiger partial charge in [0.2, 0.25) is 0 Å². The Morgan fingerprint density at radius 3 is 2.25 bits per heavy atom. The van der Waals surface area contributed by atoms with E-state index in [-0.39, 0.29) is 12.1 Å². The van der Waals surface area contributed by atoms with E-state index in [0.29, 0.717) is 0 Å². The van der Waals surface area contributed by atoms with Crippen LogP contribution in [0, 0.1) is 0 Å². The van der Waals surface area contributed by atoms with E-state index >= 15 is 0 Å². The Kier molecular flexibility index (Phi) is 4.22. The average molecular weight is 225 g/mol. The van der Waals surface area contributed by atoms with Crippen LogP contribution in [-0.4, -0.2) is 36.1 Å². The van der Waals surface area contributed by atoms with E-state index in [0.717, 1.165) is 18.9 Å². The largest absolute Gasteiger partial charge is 0.463 e. The molecule has 1 heterocycles. The first kappa shape index (κ1) is 11.9. The van der Waals surface area contributed by atoms with Crippen LogP contribution in [0.3, 0.4) is 0 Å². The minimum atomic E-state index is -0.124. The number of hydrogen-bond acceptors (Lipinski definition) is 3. The summed E-state index contributed by atoms with van der Waals surface area (Å²) in [4.78, 5) is 13.5. The van der Waals surface area contributed by atoms with Gasteiger partial charge in [-0.25, -0.2) is 0 Å². The van der Waals surface area contributed by atoms with Gasteiger partial charge in [0.15, 0.2) is 0 Å². The van der Waals surface area contributed by atoms with Crippen molar-refractivity contribution in [2.45, 2.75) is 64.0 Å². The van der Waals surface area contributed by atoms with Crippen molar-refractivity contribution in [1.29, 1.82) is 0 Å². The summed E-state index contributed by atoms with van der Waals surface area (Å²) in [6.45, 7) is 4.07. The summed E-state index contributed by atoms with van der Waals surface area (Å²) in [5.41, 5.74) is 0. The molecule has 0 N–H and O–H groups in total. The first-order chi connectivity index (χ1) is 7.75. The fourth-order valence-electron chi connectivity index (χ4n) is 3.05. The molecule has 0 bridgehead atoms. The third-order valence-electron chi connectivity index (χ3n) is 3.88. The third kappa shape index (κ3) is 3.21. The summed E-state index contributed by atoms with van der Waals surface area (Å²) in [6.07, 6.45) is 8.85. The monoisotopic (exact) mass is 225 g/mol. The SMILES string of the molecule is CC(=O)OC1CCC(N2CCCCC2)CC1. The second kappa shape index (κ2) is 5.67. The number of likely N-dealkylation sites (tertiary alicyclic amines) is 1. The van der Waals surface area contributed by atoms with Gasteiger partial charge >= 0.3 is 5.97 Å². The highest BCUT2D eigenvalue weighted by molar-refractivity contribution is 5.66. The molecule has 2 fully saturated rings. The molecule has 2 rings (SSSR count). The van der Waals surface area contributed by atoms with Crippen molar-refractivity contribution < 1.29 is 9.53 Å². The maximum atomic E-state index is 10.9. The molecule has 3 heteroatoms. The molecule has 1 aliphatic heterocycles. The van der Waals surface area contributed by atoms with Gasteiger partial charge in [-0.1, -0.05) is 6.42 Å². The number of piperidine rings is 1. The quantitative estimate of drug-likeness (QED) is 0.676. The first-order valence-electron chi connectivity index (χ1n) is 6.67. The Morgan fingerprint density at radius 2 is 1.69 bits per heavy atom. The molecule has 0 aromatic rings. The number of hydrogen-bond donors (Lipinski definition) is 0. The lowest BCUT2D eigenvalue weighted by Crippen LogP contribution is -2.42. The Balaban J connectivity index is 1.73. The van der Waals surface area contributed by atoms with E-state index in [2.05, 4.69) is 4.90 Å². The highest BCUT2D eigenvalue weighted by Gasteiger charge is 2.27. The minimum Gasteiger partial charge on any atom is -0.463 e. The predicted octanol–water partition coefficient (Wildman–Crippen LogP) is 2.35. The molecule has 2 aliphatic rings. The van der Waals surface area contributed by atoms with Gasteiger partial charge in [0.05, 0.1) is 0 Å². The van der Waals surface area contributed by atoms with E-state index < -0.39 is 0 Å². The second-order valence-electron chi connectivity index (χ2n) is 5.14. The van der Waals surface area contributed by atoms with Crippen molar-refractivity contribution >= 4 is 5.97 Å².